The molecule has 1 atom stereocenters. The number of carboxylic acids is 1. The van der Waals surface area contributed by atoms with Crippen molar-refractivity contribution in [3.05, 3.63) is 47.2 Å². The van der Waals surface area contributed by atoms with Crippen molar-refractivity contribution in [1.29, 1.82) is 0 Å². The Morgan fingerprint density at radius 2 is 2.00 bits per heavy atom. The van der Waals surface area contributed by atoms with Crippen molar-refractivity contribution in [2.24, 2.45) is 0 Å². The average molecular weight is 329 g/mol. The Morgan fingerprint density at radius 3 is 2.58 bits per heavy atom. The third-order valence-electron chi connectivity index (χ3n) is 4.31. The van der Waals surface area contributed by atoms with E-state index in [1.54, 1.807) is 12.1 Å². The summed E-state index contributed by atoms with van der Waals surface area (Å²) in [7, 11) is 0. The smallest absolute Gasteiger partial charge is 0.335 e. The first kappa shape index (κ1) is 16.6. The van der Waals surface area contributed by atoms with Crippen LogP contribution >= 0.6 is 0 Å². The molecule has 1 aliphatic rings. The summed E-state index contributed by atoms with van der Waals surface area (Å²) in [4.78, 5) is 13.2. The first-order valence-corrected chi connectivity index (χ1v) is 8.21. The van der Waals surface area contributed by atoms with Gasteiger partial charge in [-0.15, -0.1) is 10.2 Å². The number of rotatable bonds is 4. The fourth-order valence-corrected chi connectivity index (χ4v) is 2.89. The van der Waals surface area contributed by atoms with E-state index < -0.39 is 5.97 Å². The number of aromatic nitrogens is 2. The van der Waals surface area contributed by atoms with E-state index in [2.05, 4.69) is 35.9 Å². The maximum atomic E-state index is 10.9. The highest BCUT2D eigenvalue weighted by Crippen LogP contribution is 2.29. The zero-order chi connectivity index (χ0) is 17.3. The quantitative estimate of drug-likeness (QED) is 0.928. The summed E-state index contributed by atoms with van der Waals surface area (Å²) in [6.07, 6.45) is 0.999. The summed E-state index contributed by atoms with van der Waals surface area (Å²) in [5.41, 5.74) is 1.30. The third kappa shape index (κ3) is 3.64. The van der Waals surface area contributed by atoms with Crippen molar-refractivity contribution in [2.45, 2.75) is 45.1 Å². The Morgan fingerprint density at radius 1 is 1.29 bits per heavy atom. The molecular weight excluding hydrogens is 306 g/mol. The molecule has 0 spiro atoms. The van der Waals surface area contributed by atoms with Crippen LogP contribution in [0.3, 0.4) is 0 Å². The van der Waals surface area contributed by atoms with Crippen LogP contribution < -0.4 is 0 Å². The minimum atomic E-state index is -0.895. The molecule has 1 aromatic heterocycles. The average Bonchev–Trinajstić information content (AvgIpc) is 3.15. The number of aromatic carboxylic acids is 1. The Hall–Kier alpha value is -2.21. The molecule has 128 valence electrons. The second-order valence-electron chi connectivity index (χ2n) is 7.42. The van der Waals surface area contributed by atoms with Gasteiger partial charge in [0.1, 0.15) is 0 Å². The van der Waals surface area contributed by atoms with Gasteiger partial charge >= 0.3 is 5.97 Å². The summed E-state index contributed by atoms with van der Waals surface area (Å²) in [5, 5.41) is 17.4. The van der Waals surface area contributed by atoms with Crippen molar-refractivity contribution >= 4 is 5.97 Å². The van der Waals surface area contributed by atoms with Gasteiger partial charge in [0, 0.05) is 18.5 Å². The summed E-state index contributed by atoms with van der Waals surface area (Å²) >= 11 is 0. The molecular formula is C18H23N3O3. The molecule has 2 aromatic rings. The lowest BCUT2D eigenvalue weighted by Crippen LogP contribution is -2.19. The van der Waals surface area contributed by atoms with E-state index in [9.17, 15) is 4.79 Å². The van der Waals surface area contributed by atoms with Crippen LogP contribution in [0.1, 0.15) is 60.8 Å². The van der Waals surface area contributed by atoms with Crippen molar-refractivity contribution in [3.63, 3.8) is 0 Å². The fraction of sp³-hybridized carbons (Fsp3) is 0.500. The van der Waals surface area contributed by atoms with E-state index in [0.717, 1.165) is 37.5 Å². The van der Waals surface area contributed by atoms with E-state index in [0.29, 0.717) is 11.5 Å². The Bertz CT molecular complexity index is 716. The molecule has 3 rings (SSSR count). The largest absolute Gasteiger partial charge is 0.478 e. The lowest BCUT2D eigenvalue weighted by molar-refractivity contribution is 0.0697. The molecule has 6 heteroatoms. The van der Waals surface area contributed by atoms with Gasteiger partial charge in [-0.05, 0) is 30.7 Å². The molecule has 6 nitrogen and oxygen atoms in total. The lowest BCUT2D eigenvalue weighted by Gasteiger charge is -2.15. The van der Waals surface area contributed by atoms with E-state index in [1.165, 1.54) is 0 Å². The van der Waals surface area contributed by atoms with Crippen LogP contribution in [0.2, 0.25) is 0 Å². The topological polar surface area (TPSA) is 79.5 Å². The van der Waals surface area contributed by atoms with Crippen molar-refractivity contribution in [2.75, 3.05) is 13.1 Å². The molecule has 1 N–H and O–H groups in total. The molecule has 2 heterocycles. The highest BCUT2D eigenvalue weighted by atomic mass is 16.4. The molecule has 1 aliphatic heterocycles. The summed E-state index contributed by atoms with van der Waals surface area (Å²) in [6.45, 7) is 8.84. The number of likely N-dealkylation sites (tertiary alicyclic amines) is 1. The van der Waals surface area contributed by atoms with Crippen LogP contribution in [0.4, 0.5) is 0 Å². The zero-order valence-corrected chi connectivity index (χ0v) is 14.3. The molecule has 24 heavy (non-hydrogen) atoms. The molecule has 1 aromatic carbocycles. The van der Waals surface area contributed by atoms with Gasteiger partial charge in [-0.25, -0.2) is 4.79 Å². The van der Waals surface area contributed by atoms with Gasteiger partial charge in [-0.3, -0.25) is 4.90 Å². The van der Waals surface area contributed by atoms with Gasteiger partial charge in [0.15, 0.2) is 0 Å². The molecule has 0 amide bonds. The van der Waals surface area contributed by atoms with Gasteiger partial charge in [0.2, 0.25) is 11.8 Å². The zero-order valence-electron chi connectivity index (χ0n) is 14.3. The maximum absolute atomic E-state index is 10.9. The molecule has 0 radical (unpaired) electrons. The summed E-state index contributed by atoms with van der Waals surface area (Å²) in [5.74, 6) is 0.782. The molecule has 1 saturated heterocycles. The van der Waals surface area contributed by atoms with Gasteiger partial charge in [0.25, 0.3) is 0 Å². The molecule has 1 unspecified atom stereocenters. The Kier molecular flexibility index (Phi) is 4.41. The number of benzene rings is 1. The highest BCUT2D eigenvalue weighted by Gasteiger charge is 2.30. The fourth-order valence-electron chi connectivity index (χ4n) is 2.89. The van der Waals surface area contributed by atoms with E-state index in [1.807, 2.05) is 12.1 Å². The van der Waals surface area contributed by atoms with Crippen LogP contribution in [-0.4, -0.2) is 39.3 Å². The predicted molar refractivity (Wildman–Crippen MR) is 89.0 cm³/mol. The van der Waals surface area contributed by atoms with E-state index >= 15 is 0 Å². The number of carbonyl (C=O) groups is 1. The highest BCUT2D eigenvalue weighted by molar-refractivity contribution is 5.87. The summed E-state index contributed by atoms with van der Waals surface area (Å²) in [6, 6.07) is 7.06. The Balaban J connectivity index is 1.61. The van der Waals surface area contributed by atoms with Crippen LogP contribution in [0.25, 0.3) is 0 Å². The maximum Gasteiger partial charge on any atom is 0.335 e. The second-order valence-corrected chi connectivity index (χ2v) is 7.42. The van der Waals surface area contributed by atoms with Gasteiger partial charge < -0.3 is 9.52 Å². The van der Waals surface area contributed by atoms with Crippen LogP contribution in [-0.2, 0) is 12.0 Å². The standard InChI is InChI=1S/C18H23N3O3/c1-18(2,3)17-20-19-15(24-17)14-8-9-21(11-14)10-12-4-6-13(7-5-12)16(22)23/h4-7,14H,8-11H2,1-3H3,(H,22,23). The first-order valence-electron chi connectivity index (χ1n) is 8.21. The summed E-state index contributed by atoms with van der Waals surface area (Å²) < 4.78 is 5.86. The van der Waals surface area contributed by atoms with Gasteiger partial charge in [0.05, 0.1) is 11.5 Å². The first-order chi connectivity index (χ1) is 11.3. The van der Waals surface area contributed by atoms with Crippen molar-refractivity contribution in [1.82, 2.24) is 15.1 Å². The number of hydrogen-bond donors (Lipinski definition) is 1. The normalized spacial score (nSPS) is 18.9. The number of nitrogens with zero attached hydrogens (tertiary/aromatic N) is 3. The monoisotopic (exact) mass is 329 g/mol. The van der Waals surface area contributed by atoms with Gasteiger partial charge in [-0.1, -0.05) is 32.9 Å². The molecule has 0 bridgehead atoms. The number of hydrogen-bond acceptors (Lipinski definition) is 5. The van der Waals surface area contributed by atoms with Crippen LogP contribution in [0.5, 0.6) is 0 Å². The molecule has 1 fully saturated rings. The minimum Gasteiger partial charge on any atom is -0.478 e. The lowest BCUT2D eigenvalue weighted by atomic mass is 9.97. The second kappa shape index (κ2) is 6.36. The third-order valence-corrected chi connectivity index (χ3v) is 4.31. The SMILES string of the molecule is CC(C)(C)c1nnc(C2CCN(Cc3ccc(C(=O)O)cc3)C2)o1. The van der Waals surface area contributed by atoms with Crippen LogP contribution in [0.15, 0.2) is 28.7 Å². The predicted octanol–water partition coefficient (Wildman–Crippen LogP) is 3.05. The number of carboxylic acid groups (broad SMARTS) is 1. The van der Waals surface area contributed by atoms with E-state index in [-0.39, 0.29) is 11.3 Å². The molecule has 0 aliphatic carbocycles. The van der Waals surface area contributed by atoms with Gasteiger partial charge in [-0.2, -0.15) is 0 Å². The van der Waals surface area contributed by atoms with Crippen LogP contribution in [0, 0.1) is 0 Å². The van der Waals surface area contributed by atoms with Crippen molar-refractivity contribution in [3.8, 4) is 0 Å². The minimum absolute atomic E-state index is 0.130. The Labute approximate surface area is 141 Å². The molecule has 0 saturated carbocycles. The van der Waals surface area contributed by atoms with Crippen molar-refractivity contribution < 1.29 is 14.3 Å². The van der Waals surface area contributed by atoms with E-state index in [4.69, 9.17) is 9.52 Å².